The van der Waals surface area contributed by atoms with E-state index in [1.165, 1.54) is 17.8 Å². The summed E-state index contributed by atoms with van der Waals surface area (Å²) in [6.45, 7) is 4.63. The van der Waals surface area contributed by atoms with Crippen LogP contribution in [0.15, 0.2) is 72.8 Å². The maximum absolute atomic E-state index is 14.2. The van der Waals surface area contributed by atoms with Crippen LogP contribution in [0.4, 0.5) is 4.39 Å². The monoisotopic (exact) mass is 512 g/mol. The van der Waals surface area contributed by atoms with E-state index in [-0.39, 0.29) is 23.3 Å². The first-order valence-electron chi connectivity index (χ1n) is 11.6. The van der Waals surface area contributed by atoms with Gasteiger partial charge >= 0.3 is 0 Å². The molecule has 3 rings (SSSR count). The number of benzene rings is 3. The lowest BCUT2D eigenvalue weighted by molar-refractivity contribution is -0.139. The van der Waals surface area contributed by atoms with Gasteiger partial charge in [0.15, 0.2) is 0 Å². The molecule has 0 aromatic heterocycles. The van der Waals surface area contributed by atoms with Crippen molar-refractivity contribution < 1.29 is 14.0 Å². The molecule has 0 heterocycles. The quantitative estimate of drug-likeness (QED) is 0.353. The van der Waals surface area contributed by atoms with E-state index < -0.39 is 11.9 Å². The summed E-state index contributed by atoms with van der Waals surface area (Å²) < 4.78 is 14.2. The Morgan fingerprint density at radius 2 is 1.74 bits per heavy atom. The maximum Gasteiger partial charge on any atom is 0.243 e. The second-order valence-corrected chi connectivity index (χ2v) is 9.63. The Hall–Kier alpha value is -2.83. The second kappa shape index (κ2) is 13.3. The molecule has 3 aromatic rings. The van der Waals surface area contributed by atoms with Gasteiger partial charge in [0.05, 0.1) is 5.75 Å². The summed E-state index contributed by atoms with van der Waals surface area (Å²) in [5, 5.41) is 3.23. The zero-order valence-corrected chi connectivity index (χ0v) is 21.5. The highest BCUT2D eigenvalue weighted by Crippen LogP contribution is 2.25. The molecule has 0 fully saturated rings. The molecule has 1 atom stereocenters. The SMILES string of the molecule is CCNC(=O)C(Cc1ccccc1)N(Cc1ccccc1C)C(=O)CSCc1c(F)cccc1Cl. The van der Waals surface area contributed by atoms with Crippen molar-refractivity contribution in [2.24, 2.45) is 0 Å². The molecule has 184 valence electrons. The average Bonchev–Trinajstić information content (AvgIpc) is 2.85. The summed E-state index contributed by atoms with van der Waals surface area (Å²) in [6.07, 6.45) is 0.397. The lowest BCUT2D eigenvalue weighted by Gasteiger charge is -2.32. The van der Waals surface area contributed by atoms with Crippen LogP contribution in [0.25, 0.3) is 0 Å². The molecule has 0 aliphatic carbocycles. The van der Waals surface area contributed by atoms with Gasteiger partial charge in [0.25, 0.3) is 0 Å². The fourth-order valence-corrected chi connectivity index (χ4v) is 5.06. The molecule has 0 aliphatic rings. The van der Waals surface area contributed by atoms with Crippen molar-refractivity contribution in [3.63, 3.8) is 0 Å². The molecule has 2 amide bonds. The summed E-state index contributed by atoms with van der Waals surface area (Å²) in [5.41, 5.74) is 3.37. The van der Waals surface area contributed by atoms with Gasteiger partial charge in [0, 0.05) is 35.8 Å². The highest BCUT2D eigenvalue weighted by molar-refractivity contribution is 7.99. The zero-order valence-electron chi connectivity index (χ0n) is 20.0. The number of nitrogens with one attached hydrogen (secondary N) is 1. The Morgan fingerprint density at radius 3 is 2.43 bits per heavy atom. The summed E-state index contributed by atoms with van der Waals surface area (Å²) in [5.74, 6) is -0.405. The summed E-state index contributed by atoms with van der Waals surface area (Å²) >= 11 is 7.43. The molecule has 0 saturated carbocycles. The summed E-state index contributed by atoms with van der Waals surface area (Å²) in [7, 11) is 0. The lowest BCUT2D eigenvalue weighted by Crippen LogP contribution is -2.51. The van der Waals surface area contributed by atoms with Crippen LogP contribution < -0.4 is 5.32 Å². The van der Waals surface area contributed by atoms with Crippen molar-refractivity contribution in [1.29, 1.82) is 0 Å². The van der Waals surface area contributed by atoms with Crippen LogP contribution in [0.1, 0.15) is 29.2 Å². The van der Waals surface area contributed by atoms with E-state index in [1.54, 1.807) is 17.0 Å². The van der Waals surface area contributed by atoms with E-state index in [0.717, 1.165) is 16.7 Å². The van der Waals surface area contributed by atoms with Gasteiger partial charge in [-0.1, -0.05) is 72.3 Å². The third-order valence-corrected chi connectivity index (χ3v) is 7.06. The summed E-state index contributed by atoms with van der Waals surface area (Å²) in [6, 6.07) is 21.4. The lowest BCUT2D eigenvalue weighted by atomic mass is 10.0. The highest BCUT2D eigenvalue weighted by atomic mass is 35.5. The fourth-order valence-electron chi connectivity index (χ4n) is 3.81. The van der Waals surface area contributed by atoms with Gasteiger partial charge in [-0.05, 0) is 42.7 Å². The average molecular weight is 513 g/mol. The Balaban J connectivity index is 1.86. The predicted molar refractivity (Wildman–Crippen MR) is 142 cm³/mol. The highest BCUT2D eigenvalue weighted by Gasteiger charge is 2.30. The van der Waals surface area contributed by atoms with E-state index >= 15 is 0 Å². The Morgan fingerprint density at radius 1 is 1.03 bits per heavy atom. The van der Waals surface area contributed by atoms with Crippen molar-refractivity contribution in [3.8, 4) is 0 Å². The van der Waals surface area contributed by atoms with Gasteiger partial charge in [0.1, 0.15) is 11.9 Å². The van der Waals surface area contributed by atoms with E-state index in [9.17, 15) is 14.0 Å². The number of hydrogen-bond acceptors (Lipinski definition) is 3. The van der Waals surface area contributed by atoms with Crippen LogP contribution in [0.2, 0.25) is 5.02 Å². The molecule has 1 unspecified atom stereocenters. The normalized spacial score (nSPS) is 11.7. The molecule has 35 heavy (non-hydrogen) atoms. The standard InChI is InChI=1S/C28H30ClFN2O2S/c1-3-31-28(34)26(16-21-11-5-4-6-12-21)32(17-22-13-8-7-10-20(22)2)27(33)19-35-18-23-24(29)14-9-15-25(23)30/h4-15,26H,3,16-19H2,1-2H3,(H,31,34). The fraction of sp³-hybridized carbons (Fsp3) is 0.286. The smallest absolute Gasteiger partial charge is 0.243 e. The van der Waals surface area contributed by atoms with Crippen molar-refractivity contribution in [1.82, 2.24) is 10.2 Å². The van der Waals surface area contributed by atoms with Crippen LogP contribution in [0.5, 0.6) is 0 Å². The molecular weight excluding hydrogens is 483 g/mol. The number of aryl methyl sites for hydroxylation is 1. The first-order chi connectivity index (χ1) is 16.9. The van der Waals surface area contributed by atoms with E-state index in [4.69, 9.17) is 11.6 Å². The maximum atomic E-state index is 14.2. The topological polar surface area (TPSA) is 49.4 Å². The molecule has 4 nitrogen and oxygen atoms in total. The molecular formula is C28H30ClFN2O2S. The number of carbonyl (C=O) groups is 2. The van der Waals surface area contributed by atoms with Crippen LogP contribution in [-0.4, -0.2) is 35.1 Å². The first-order valence-corrected chi connectivity index (χ1v) is 13.1. The molecule has 3 aromatic carbocycles. The van der Waals surface area contributed by atoms with Gasteiger partial charge in [-0.2, -0.15) is 0 Å². The minimum atomic E-state index is -0.679. The van der Waals surface area contributed by atoms with Gasteiger partial charge in [-0.25, -0.2) is 4.39 Å². The minimum Gasteiger partial charge on any atom is -0.355 e. The van der Waals surface area contributed by atoms with Gasteiger partial charge < -0.3 is 10.2 Å². The number of nitrogens with zero attached hydrogens (tertiary/aromatic N) is 1. The largest absolute Gasteiger partial charge is 0.355 e. The van der Waals surface area contributed by atoms with Gasteiger partial charge in [-0.15, -0.1) is 11.8 Å². The van der Waals surface area contributed by atoms with Gasteiger partial charge in [-0.3, -0.25) is 9.59 Å². The van der Waals surface area contributed by atoms with Crippen molar-refractivity contribution >= 4 is 35.2 Å². The third kappa shape index (κ3) is 7.58. The number of rotatable bonds is 11. The Kier molecular flexibility index (Phi) is 10.2. The van der Waals surface area contributed by atoms with Crippen LogP contribution in [-0.2, 0) is 28.3 Å². The van der Waals surface area contributed by atoms with Crippen LogP contribution in [0, 0.1) is 12.7 Å². The van der Waals surface area contributed by atoms with Crippen molar-refractivity contribution in [2.75, 3.05) is 12.3 Å². The molecule has 0 bridgehead atoms. The molecule has 7 heteroatoms. The van der Waals surface area contributed by atoms with Crippen molar-refractivity contribution in [3.05, 3.63) is 106 Å². The van der Waals surface area contributed by atoms with Crippen molar-refractivity contribution in [2.45, 2.75) is 38.6 Å². The second-order valence-electron chi connectivity index (χ2n) is 8.24. The van der Waals surface area contributed by atoms with Crippen LogP contribution >= 0.6 is 23.4 Å². The number of carbonyl (C=O) groups excluding carboxylic acids is 2. The number of amides is 2. The third-order valence-electron chi connectivity index (χ3n) is 5.76. The molecule has 0 radical (unpaired) electrons. The number of likely N-dealkylation sites (N-methyl/N-ethyl adjacent to an activating group) is 1. The van der Waals surface area contributed by atoms with Crippen LogP contribution in [0.3, 0.4) is 0 Å². The van der Waals surface area contributed by atoms with E-state index in [1.807, 2.05) is 68.4 Å². The Bertz CT molecular complexity index is 1120. The number of halogens is 2. The van der Waals surface area contributed by atoms with Gasteiger partial charge in [0.2, 0.25) is 11.8 Å². The summed E-state index contributed by atoms with van der Waals surface area (Å²) in [4.78, 5) is 28.4. The predicted octanol–water partition coefficient (Wildman–Crippen LogP) is 5.80. The molecule has 0 aliphatic heterocycles. The minimum absolute atomic E-state index is 0.0985. The number of thioether (sulfide) groups is 1. The molecule has 0 saturated heterocycles. The van der Waals surface area contributed by atoms with E-state index in [2.05, 4.69) is 5.32 Å². The molecule has 1 N–H and O–H groups in total. The Labute approximate surface area is 215 Å². The molecule has 0 spiro atoms. The first kappa shape index (κ1) is 26.8. The number of hydrogen-bond donors (Lipinski definition) is 1. The zero-order chi connectivity index (χ0) is 25.2. The van der Waals surface area contributed by atoms with E-state index in [0.29, 0.717) is 30.1 Å².